The second-order valence-electron chi connectivity index (χ2n) is 5.75. The van der Waals surface area contributed by atoms with Gasteiger partial charge in [0.1, 0.15) is 11.5 Å². The van der Waals surface area contributed by atoms with E-state index in [1.807, 2.05) is 0 Å². The topological polar surface area (TPSA) is 55.8 Å². The maximum atomic E-state index is 12.3. The van der Waals surface area contributed by atoms with Crippen molar-refractivity contribution in [3.63, 3.8) is 0 Å². The Morgan fingerprint density at radius 3 is 2.41 bits per heavy atom. The Hall–Kier alpha value is -3.22. The van der Waals surface area contributed by atoms with E-state index in [-0.39, 0.29) is 24.0 Å². The smallest absolute Gasteiger partial charge is 0.387 e. The van der Waals surface area contributed by atoms with Crippen LogP contribution in [-0.4, -0.2) is 43.9 Å². The minimum Gasteiger partial charge on any atom is -0.484 e. The second kappa shape index (κ2) is 9.47. The van der Waals surface area contributed by atoms with Gasteiger partial charge in [0.2, 0.25) is 0 Å². The van der Waals surface area contributed by atoms with Crippen molar-refractivity contribution < 1.29 is 27.8 Å². The zero-order valence-corrected chi connectivity index (χ0v) is 14.9. The summed E-state index contributed by atoms with van der Waals surface area (Å²) in [7, 11) is 3.26. The zero-order chi connectivity index (χ0) is 19.8. The Morgan fingerprint density at radius 2 is 1.78 bits per heavy atom. The van der Waals surface area contributed by atoms with Crippen molar-refractivity contribution in [1.82, 2.24) is 4.90 Å². The number of hydrogen-bond donors (Lipinski definition) is 0. The van der Waals surface area contributed by atoms with Gasteiger partial charge in [-0.1, -0.05) is 30.3 Å². The van der Waals surface area contributed by atoms with Crippen molar-refractivity contribution >= 4 is 17.8 Å². The highest BCUT2D eigenvalue weighted by molar-refractivity contribution is 6.07. The average Bonchev–Trinajstić information content (AvgIpc) is 2.65. The fraction of sp³-hybridized carbons (Fsp3) is 0.200. The molecule has 0 N–H and O–H groups in total. The van der Waals surface area contributed by atoms with Gasteiger partial charge in [-0.05, 0) is 35.9 Å². The van der Waals surface area contributed by atoms with Gasteiger partial charge in [0.05, 0.1) is 0 Å². The summed E-state index contributed by atoms with van der Waals surface area (Å²) in [5.74, 6) is 0.0155. The molecule has 0 aromatic heterocycles. The number of allylic oxidation sites excluding steroid dienone is 1. The molecule has 0 aliphatic carbocycles. The molecule has 0 bridgehead atoms. The van der Waals surface area contributed by atoms with Crippen LogP contribution in [0.1, 0.15) is 15.9 Å². The van der Waals surface area contributed by atoms with E-state index < -0.39 is 6.61 Å². The lowest BCUT2D eigenvalue weighted by atomic mass is 10.1. The molecule has 7 heteroatoms. The number of hydrogen-bond acceptors (Lipinski definition) is 4. The Bertz CT molecular complexity index is 817. The summed E-state index contributed by atoms with van der Waals surface area (Å²) in [6.07, 6.45) is 2.94. The van der Waals surface area contributed by atoms with Crippen LogP contribution in [0.4, 0.5) is 8.78 Å². The third kappa shape index (κ3) is 6.54. The van der Waals surface area contributed by atoms with Gasteiger partial charge in [-0.15, -0.1) is 0 Å². The van der Waals surface area contributed by atoms with Crippen LogP contribution in [0.15, 0.2) is 54.6 Å². The lowest BCUT2D eigenvalue weighted by Gasteiger charge is -2.11. The lowest BCUT2D eigenvalue weighted by Crippen LogP contribution is -2.27. The van der Waals surface area contributed by atoms with Gasteiger partial charge in [-0.25, -0.2) is 0 Å². The number of alkyl halides is 2. The molecular weight excluding hydrogens is 356 g/mol. The van der Waals surface area contributed by atoms with Crippen LogP contribution in [0.25, 0.3) is 6.08 Å². The van der Waals surface area contributed by atoms with Crippen molar-refractivity contribution in [2.24, 2.45) is 0 Å². The number of ketones is 1. The van der Waals surface area contributed by atoms with E-state index in [2.05, 4.69) is 4.74 Å². The highest BCUT2D eigenvalue weighted by Crippen LogP contribution is 2.17. The fourth-order valence-electron chi connectivity index (χ4n) is 2.04. The molecule has 1 amide bonds. The van der Waals surface area contributed by atoms with E-state index in [0.717, 1.165) is 0 Å². The molecule has 0 radical (unpaired) electrons. The first-order chi connectivity index (χ1) is 12.8. The summed E-state index contributed by atoms with van der Waals surface area (Å²) in [6, 6.07) is 12.4. The number of amides is 1. The van der Waals surface area contributed by atoms with Gasteiger partial charge in [0, 0.05) is 19.7 Å². The largest absolute Gasteiger partial charge is 0.484 e. The van der Waals surface area contributed by atoms with Gasteiger partial charge < -0.3 is 14.4 Å². The lowest BCUT2D eigenvalue weighted by molar-refractivity contribution is -0.130. The van der Waals surface area contributed by atoms with E-state index in [4.69, 9.17) is 4.74 Å². The van der Waals surface area contributed by atoms with E-state index in [1.54, 1.807) is 56.6 Å². The van der Waals surface area contributed by atoms with Crippen molar-refractivity contribution in [3.05, 3.63) is 65.7 Å². The average molecular weight is 375 g/mol. The summed E-state index contributed by atoms with van der Waals surface area (Å²) in [5, 5.41) is 0. The zero-order valence-electron chi connectivity index (χ0n) is 14.9. The molecule has 0 unspecified atom stereocenters. The van der Waals surface area contributed by atoms with Gasteiger partial charge in [0.15, 0.2) is 12.4 Å². The van der Waals surface area contributed by atoms with Gasteiger partial charge >= 0.3 is 6.61 Å². The number of carbonyl (C=O) groups is 2. The third-order valence-corrected chi connectivity index (χ3v) is 3.51. The number of rotatable bonds is 8. The van der Waals surface area contributed by atoms with Crippen LogP contribution in [0.3, 0.4) is 0 Å². The number of nitrogens with zero attached hydrogens (tertiary/aromatic N) is 1. The molecule has 0 fully saturated rings. The Balaban J connectivity index is 1.99. The molecule has 5 nitrogen and oxygen atoms in total. The molecule has 27 heavy (non-hydrogen) atoms. The number of halogens is 2. The molecule has 0 saturated carbocycles. The van der Waals surface area contributed by atoms with E-state index in [9.17, 15) is 18.4 Å². The van der Waals surface area contributed by atoms with Crippen LogP contribution in [0, 0.1) is 0 Å². The molecule has 0 atom stereocenters. The number of benzene rings is 2. The normalized spacial score (nSPS) is 10.9. The molecule has 0 aliphatic rings. The molecule has 0 heterocycles. The first kappa shape index (κ1) is 20.1. The molecule has 2 rings (SSSR count). The van der Waals surface area contributed by atoms with Gasteiger partial charge in [-0.2, -0.15) is 8.78 Å². The molecule has 142 valence electrons. The Morgan fingerprint density at radius 1 is 1.07 bits per heavy atom. The molecular formula is C20H19F2NO4. The maximum Gasteiger partial charge on any atom is 0.387 e. The summed E-state index contributed by atoms with van der Waals surface area (Å²) >= 11 is 0. The third-order valence-electron chi connectivity index (χ3n) is 3.51. The van der Waals surface area contributed by atoms with Crippen LogP contribution in [-0.2, 0) is 4.79 Å². The van der Waals surface area contributed by atoms with Gasteiger partial charge in [0.25, 0.3) is 5.91 Å². The number of likely N-dealkylation sites (N-methyl/N-ethyl adjacent to an activating group) is 1. The van der Waals surface area contributed by atoms with Crippen LogP contribution < -0.4 is 9.47 Å². The fourth-order valence-corrected chi connectivity index (χ4v) is 2.04. The molecule has 0 aliphatic heterocycles. The highest BCUT2D eigenvalue weighted by Gasteiger charge is 2.08. The summed E-state index contributed by atoms with van der Waals surface area (Å²) in [5.41, 5.74) is 1.06. The minimum atomic E-state index is -2.88. The second-order valence-corrected chi connectivity index (χ2v) is 5.75. The predicted octanol–water partition coefficient (Wildman–Crippen LogP) is 3.65. The van der Waals surface area contributed by atoms with Crippen molar-refractivity contribution in [3.8, 4) is 11.5 Å². The van der Waals surface area contributed by atoms with Gasteiger partial charge in [-0.3, -0.25) is 9.59 Å². The molecule has 0 saturated heterocycles. The van der Waals surface area contributed by atoms with Crippen LogP contribution in [0.2, 0.25) is 0 Å². The molecule has 0 spiro atoms. The quantitative estimate of drug-likeness (QED) is 0.522. The standard InChI is InChI=1S/C20H19F2NO4/c1-23(2)19(25)13-26-17-5-3-4-15(12-17)18(24)11-8-14-6-9-16(10-7-14)27-20(21)22/h3-12,20H,13H2,1-2H3. The van der Waals surface area contributed by atoms with E-state index >= 15 is 0 Å². The predicted molar refractivity (Wildman–Crippen MR) is 97.1 cm³/mol. The van der Waals surface area contributed by atoms with E-state index in [0.29, 0.717) is 16.9 Å². The summed E-state index contributed by atoms with van der Waals surface area (Å²) in [6.45, 7) is -3.00. The first-order valence-corrected chi connectivity index (χ1v) is 8.05. The highest BCUT2D eigenvalue weighted by atomic mass is 19.3. The molecule has 2 aromatic rings. The number of ether oxygens (including phenoxy) is 2. The van der Waals surface area contributed by atoms with Crippen molar-refractivity contribution in [1.29, 1.82) is 0 Å². The van der Waals surface area contributed by atoms with Crippen molar-refractivity contribution in [2.75, 3.05) is 20.7 Å². The molecule has 2 aromatic carbocycles. The van der Waals surface area contributed by atoms with E-state index in [1.165, 1.54) is 23.1 Å². The Kier molecular flexibility index (Phi) is 7.05. The summed E-state index contributed by atoms with van der Waals surface area (Å²) < 4.78 is 33.9. The summed E-state index contributed by atoms with van der Waals surface area (Å²) in [4.78, 5) is 25.2. The monoisotopic (exact) mass is 375 g/mol. The SMILES string of the molecule is CN(C)C(=O)COc1cccc(C(=O)C=Cc2ccc(OC(F)F)cc2)c1. The first-order valence-electron chi connectivity index (χ1n) is 8.05. The van der Waals surface area contributed by atoms with Crippen molar-refractivity contribution in [2.45, 2.75) is 6.61 Å². The maximum absolute atomic E-state index is 12.3. The number of carbonyl (C=O) groups excluding carboxylic acids is 2. The Labute approximate surface area is 155 Å². The van der Waals surface area contributed by atoms with Crippen LogP contribution >= 0.6 is 0 Å². The minimum absolute atomic E-state index is 0.0468. The van der Waals surface area contributed by atoms with Crippen LogP contribution in [0.5, 0.6) is 11.5 Å².